The van der Waals surface area contributed by atoms with Crippen molar-refractivity contribution >= 4 is 11.8 Å². The van der Waals surface area contributed by atoms with E-state index in [1.807, 2.05) is 18.2 Å². The van der Waals surface area contributed by atoms with Gasteiger partial charge in [0.05, 0.1) is 12.9 Å². The maximum absolute atomic E-state index is 5.72. The molecule has 0 N–H and O–H groups in total. The molecule has 0 bridgehead atoms. The largest absolute Gasteiger partial charge is 0.466 e. The summed E-state index contributed by atoms with van der Waals surface area (Å²) < 4.78 is 11.1. The summed E-state index contributed by atoms with van der Waals surface area (Å²) in [6, 6.07) is 12.1. The zero-order valence-corrected chi connectivity index (χ0v) is 8.87. The van der Waals surface area contributed by atoms with Gasteiger partial charge in [-0.05, 0) is 23.8 Å². The molecule has 0 amide bonds. The Kier molecular flexibility index (Phi) is 2.27. The molecule has 1 aliphatic rings. The van der Waals surface area contributed by atoms with E-state index in [9.17, 15) is 0 Å². The van der Waals surface area contributed by atoms with E-state index in [4.69, 9.17) is 9.15 Å². The molecule has 0 saturated heterocycles. The molecule has 2 nitrogen and oxygen atoms in total. The first-order valence-electron chi connectivity index (χ1n) is 4.83. The Morgan fingerprint density at radius 3 is 2.93 bits per heavy atom. The summed E-state index contributed by atoms with van der Waals surface area (Å²) in [5.41, 5.74) is 1.25. The summed E-state index contributed by atoms with van der Waals surface area (Å²) in [6.45, 7) is 0.661. The van der Waals surface area contributed by atoms with Gasteiger partial charge < -0.3 is 9.15 Å². The quantitative estimate of drug-likeness (QED) is 0.730. The second-order valence-electron chi connectivity index (χ2n) is 3.38. The lowest BCUT2D eigenvalue weighted by molar-refractivity contribution is 0.0789. The second kappa shape index (κ2) is 3.76. The van der Waals surface area contributed by atoms with Crippen molar-refractivity contribution in [1.29, 1.82) is 0 Å². The minimum atomic E-state index is -0.00472. The number of ether oxygens (including phenoxy) is 1. The Hall–Kier alpha value is -1.19. The molecule has 2 heterocycles. The third-order valence-electron chi connectivity index (χ3n) is 2.37. The molecule has 1 aliphatic heterocycles. The van der Waals surface area contributed by atoms with Crippen LogP contribution in [0.2, 0.25) is 0 Å². The number of hydrogen-bond donors (Lipinski definition) is 0. The van der Waals surface area contributed by atoms with Crippen LogP contribution in [0.5, 0.6) is 0 Å². The van der Waals surface area contributed by atoms with E-state index in [0.717, 1.165) is 5.76 Å². The van der Waals surface area contributed by atoms with Crippen LogP contribution in [0, 0.1) is 0 Å². The van der Waals surface area contributed by atoms with Crippen molar-refractivity contribution in [3.05, 3.63) is 54.0 Å². The highest BCUT2D eigenvalue weighted by molar-refractivity contribution is 7.99. The Morgan fingerprint density at radius 1 is 1.13 bits per heavy atom. The molecule has 15 heavy (non-hydrogen) atoms. The Labute approximate surface area is 92.2 Å². The normalized spacial score (nSPS) is 19.9. The number of hydrogen-bond acceptors (Lipinski definition) is 3. The van der Waals surface area contributed by atoms with Crippen molar-refractivity contribution in [2.45, 2.75) is 16.9 Å². The molecule has 0 fully saturated rings. The molecule has 0 radical (unpaired) electrons. The van der Waals surface area contributed by atoms with Crippen LogP contribution in [-0.4, -0.2) is 0 Å². The number of benzene rings is 1. The van der Waals surface area contributed by atoms with E-state index in [1.165, 1.54) is 10.5 Å². The average Bonchev–Trinajstić information content (AvgIpc) is 2.82. The van der Waals surface area contributed by atoms with Gasteiger partial charge in [0, 0.05) is 4.90 Å². The van der Waals surface area contributed by atoms with E-state index < -0.39 is 0 Å². The molecule has 1 aromatic carbocycles. The molecule has 1 unspecified atom stereocenters. The van der Waals surface area contributed by atoms with Crippen molar-refractivity contribution in [3.8, 4) is 0 Å². The van der Waals surface area contributed by atoms with Crippen molar-refractivity contribution in [2.75, 3.05) is 0 Å². The number of rotatable bonds is 1. The van der Waals surface area contributed by atoms with Crippen LogP contribution in [0.3, 0.4) is 0 Å². The van der Waals surface area contributed by atoms with Crippen LogP contribution in [0.1, 0.15) is 16.8 Å². The van der Waals surface area contributed by atoms with Crippen LogP contribution in [0.4, 0.5) is 0 Å². The maximum atomic E-state index is 5.72. The zero-order valence-electron chi connectivity index (χ0n) is 8.05. The van der Waals surface area contributed by atoms with Gasteiger partial charge in [0.25, 0.3) is 0 Å². The highest BCUT2D eigenvalue weighted by Gasteiger charge is 2.22. The van der Waals surface area contributed by atoms with E-state index >= 15 is 0 Å². The lowest BCUT2D eigenvalue weighted by Crippen LogP contribution is -2.06. The molecular formula is C12H10O2S. The van der Waals surface area contributed by atoms with Crippen LogP contribution >= 0.6 is 11.8 Å². The number of furan rings is 1. The zero-order chi connectivity index (χ0) is 10.1. The molecule has 1 aromatic heterocycles. The minimum absolute atomic E-state index is 0.00472. The minimum Gasteiger partial charge on any atom is -0.466 e. The van der Waals surface area contributed by atoms with Gasteiger partial charge in [0.2, 0.25) is 0 Å². The molecule has 0 aliphatic carbocycles. The summed E-state index contributed by atoms with van der Waals surface area (Å²) in [5.74, 6) is 0.884. The smallest absolute Gasteiger partial charge is 0.165 e. The monoisotopic (exact) mass is 218 g/mol. The van der Waals surface area contributed by atoms with E-state index in [1.54, 1.807) is 18.0 Å². The van der Waals surface area contributed by atoms with Gasteiger partial charge in [-0.15, -0.1) is 0 Å². The first kappa shape index (κ1) is 9.07. The van der Waals surface area contributed by atoms with Crippen LogP contribution < -0.4 is 0 Å². The first-order valence-corrected chi connectivity index (χ1v) is 5.71. The molecule has 1 atom stereocenters. The van der Waals surface area contributed by atoms with Gasteiger partial charge in [-0.3, -0.25) is 0 Å². The Bertz CT molecular complexity index is 450. The predicted octanol–water partition coefficient (Wildman–Crippen LogP) is 3.60. The Balaban J connectivity index is 1.89. The standard InChI is InChI=1S/C12H10O2S/c1-2-6-11-9(4-1)8-14-12(15-11)10-5-3-7-13-10/h1-7,12H,8H2. The summed E-state index contributed by atoms with van der Waals surface area (Å²) in [6.07, 6.45) is 1.68. The lowest BCUT2D eigenvalue weighted by Gasteiger charge is -2.22. The number of thioether (sulfide) groups is 1. The summed E-state index contributed by atoms with van der Waals surface area (Å²) >= 11 is 1.70. The van der Waals surface area contributed by atoms with Crippen molar-refractivity contribution < 1.29 is 9.15 Å². The van der Waals surface area contributed by atoms with Gasteiger partial charge in [-0.25, -0.2) is 0 Å². The fraction of sp³-hybridized carbons (Fsp3) is 0.167. The van der Waals surface area contributed by atoms with Gasteiger partial charge in [0.1, 0.15) is 5.76 Å². The Morgan fingerprint density at radius 2 is 2.07 bits per heavy atom. The molecule has 0 saturated carbocycles. The molecule has 2 aromatic rings. The molecule has 3 rings (SSSR count). The van der Waals surface area contributed by atoms with Crippen molar-refractivity contribution in [3.63, 3.8) is 0 Å². The third kappa shape index (κ3) is 1.68. The van der Waals surface area contributed by atoms with Crippen LogP contribution in [0.25, 0.3) is 0 Å². The van der Waals surface area contributed by atoms with Crippen molar-refractivity contribution in [2.24, 2.45) is 0 Å². The topological polar surface area (TPSA) is 22.4 Å². The van der Waals surface area contributed by atoms with E-state index in [-0.39, 0.29) is 5.44 Å². The highest BCUT2D eigenvalue weighted by Crippen LogP contribution is 2.42. The summed E-state index contributed by atoms with van der Waals surface area (Å²) in [4.78, 5) is 1.28. The fourth-order valence-electron chi connectivity index (χ4n) is 1.62. The molecule has 3 heteroatoms. The second-order valence-corrected chi connectivity index (χ2v) is 4.49. The molecule has 76 valence electrons. The van der Waals surface area contributed by atoms with Gasteiger partial charge in [-0.2, -0.15) is 0 Å². The van der Waals surface area contributed by atoms with Crippen LogP contribution in [-0.2, 0) is 11.3 Å². The SMILES string of the molecule is c1coc(C2OCc3ccccc3S2)c1. The van der Waals surface area contributed by atoms with Gasteiger partial charge in [0.15, 0.2) is 5.44 Å². The third-order valence-corrected chi connectivity index (χ3v) is 3.61. The van der Waals surface area contributed by atoms with E-state index in [0.29, 0.717) is 6.61 Å². The molecule has 0 spiro atoms. The highest BCUT2D eigenvalue weighted by atomic mass is 32.2. The number of fused-ring (bicyclic) bond motifs is 1. The van der Waals surface area contributed by atoms with Crippen LogP contribution in [0.15, 0.2) is 52.0 Å². The van der Waals surface area contributed by atoms with E-state index in [2.05, 4.69) is 18.2 Å². The van der Waals surface area contributed by atoms with Gasteiger partial charge in [-0.1, -0.05) is 30.0 Å². The fourth-order valence-corrected chi connectivity index (χ4v) is 2.67. The van der Waals surface area contributed by atoms with Gasteiger partial charge >= 0.3 is 0 Å². The predicted molar refractivity (Wildman–Crippen MR) is 58.5 cm³/mol. The summed E-state index contributed by atoms with van der Waals surface area (Å²) in [7, 11) is 0. The van der Waals surface area contributed by atoms with Crippen molar-refractivity contribution in [1.82, 2.24) is 0 Å². The lowest BCUT2D eigenvalue weighted by atomic mass is 10.2. The average molecular weight is 218 g/mol. The maximum Gasteiger partial charge on any atom is 0.165 e. The molecular weight excluding hydrogens is 208 g/mol. The summed E-state index contributed by atoms with van der Waals surface area (Å²) in [5, 5.41) is 0. The first-order chi connectivity index (χ1) is 7.43.